The van der Waals surface area contributed by atoms with Crippen molar-refractivity contribution in [1.82, 2.24) is 5.32 Å². The van der Waals surface area contributed by atoms with Crippen LogP contribution >= 0.6 is 0 Å². The molecule has 0 aromatic carbocycles. The molecule has 2 aliphatic rings. The van der Waals surface area contributed by atoms with E-state index in [4.69, 9.17) is 4.74 Å². The molecule has 0 atom stereocenters. The molecule has 70 valence electrons. The first-order valence-corrected chi connectivity index (χ1v) is 4.24. The lowest BCUT2D eigenvalue weighted by molar-refractivity contribution is -0.124. The van der Waals surface area contributed by atoms with Crippen molar-refractivity contribution < 1.29 is 14.3 Å². The van der Waals surface area contributed by atoms with Gasteiger partial charge in [0.15, 0.2) is 0 Å². The minimum absolute atomic E-state index is 0.162. The molecule has 0 aromatic rings. The van der Waals surface area contributed by atoms with Crippen molar-refractivity contribution in [3.8, 4) is 0 Å². The summed E-state index contributed by atoms with van der Waals surface area (Å²) in [5.74, 6) is -0.554. The Bertz CT molecular complexity index is 302. The van der Waals surface area contributed by atoms with Crippen LogP contribution in [0.15, 0.2) is 11.6 Å². The maximum atomic E-state index is 11.3. The molecule has 4 nitrogen and oxygen atoms in total. The predicted octanol–water partition coefficient (Wildman–Crippen LogP) is -0.00420. The number of hydrogen-bond donors (Lipinski definition) is 1. The van der Waals surface area contributed by atoms with Crippen molar-refractivity contribution in [1.29, 1.82) is 0 Å². The summed E-state index contributed by atoms with van der Waals surface area (Å²) in [6.45, 7) is 0.527. The van der Waals surface area contributed by atoms with Crippen molar-refractivity contribution in [2.24, 2.45) is 5.41 Å². The number of ether oxygens (including phenoxy) is 1. The smallest absolute Gasteiger partial charge is 0.254 e. The molecule has 0 aromatic heterocycles. The van der Waals surface area contributed by atoms with E-state index in [1.54, 1.807) is 7.11 Å². The normalized spacial score (nSPS) is 24.2. The minimum atomic E-state index is -0.303. The van der Waals surface area contributed by atoms with Gasteiger partial charge in [0.05, 0.1) is 6.61 Å². The van der Waals surface area contributed by atoms with Crippen LogP contribution in [0.25, 0.3) is 0 Å². The summed E-state index contributed by atoms with van der Waals surface area (Å²) in [4.78, 5) is 22.2. The van der Waals surface area contributed by atoms with Gasteiger partial charge in [0.25, 0.3) is 11.8 Å². The predicted molar refractivity (Wildman–Crippen MR) is 44.8 cm³/mol. The number of imide groups is 1. The van der Waals surface area contributed by atoms with Gasteiger partial charge in [-0.3, -0.25) is 14.9 Å². The van der Waals surface area contributed by atoms with Crippen molar-refractivity contribution in [3.05, 3.63) is 11.6 Å². The zero-order valence-electron chi connectivity index (χ0n) is 7.42. The molecule has 13 heavy (non-hydrogen) atoms. The fourth-order valence-electron chi connectivity index (χ4n) is 1.72. The van der Waals surface area contributed by atoms with Crippen molar-refractivity contribution in [2.75, 3.05) is 13.7 Å². The largest absolute Gasteiger partial charge is 0.384 e. The Morgan fingerprint density at radius 2 is 2.23 bits per heavy atom. The van der Waals surface area contributed by atoms with Crippen LogP contribution < -0.4 is 5.32 Å². The lowest BCUT2D eigenvalue weighted by Crippen LogP contribution is -2.26. The third kappa shape index (κ3) is 1.27. The molecule has 0 radical (unpaired) electrons. The lowest BCUT2D eigenvalue weighted by Gasteiger charge is -2.12. The topological polar surface area (TPSA) is 55.4 Å². The third-order valence-electron chi connectivity index (χ3n) is 2.60. The van der Waals surface area contributed by atoms with Crippen LogP contribution in [0.3, 0.4) is 0 Å². The molecule has 1 aliphatic heterocycles. The molecule has 2 rings (SSSR count). The molecule has 0 spiro atoms. The van der Waals surface area contributed by atoms with Gasteiger partial charge in [-0.05, 0) is 12.8 Å². The maximum absolute atomic E-state index is 11.3. The van der Waals surface area contributed by atoms with Crippen LogP contribution in [0.5, 0.6) is 0 Å². The summed E-state index contributed by atoms with van der Waals surface area (Å²) in [5, 5.41) is 2.25. The molecule has 0 bridgehead atoms. The summed E-state index contributed by atoms with van der Waals surface area (Å²) >= 11 is 0. The first-order chi connectivity index (χ1) is 6.18. The summed E-state index contributed by atoms with van der Waals surface area (Å²) < 4.78 is 5.03. The molecule has 1 heterocycles. The van der Waals surface area contributed by atoms with Gasteiger partial charge < -0.3 is 4.74 Å². The van der Waals surface area contributed by atoms with Crippen LogP contribution in [-0.4, -0.2) is 25.5 Å². The van der Waals surface area contributed by atoms with Gasteiger partial charge in [-0.25, -0.2) is 0 Å². The highest BCUT2D eigenvalue weighted by atomic mass is 16.5. The second-order valence-electron chi connectivity index (χ2n) is 3.59. The van der Waals surface area contributed by atoms with E-state index in [-0.39, 0.29) is 17.2 Å². The first kappa shape index (κ1) is 8.44. The van der Waals surface area contributed by atoms with Crippen molar-refractivity contribution in [3.63, 3.8) is 0 Å². The van der Waals surface area contributed by atoms with Gasteiger partial charge in [0.1, 0.15) is 0 Å². The Hall–Kier alpha value is -1.16. The van der Waals surface area contributed by atoms with Gasteiger partial charge in [0.2, 0.25) is 0 Å². The molecule has 1 aliphatic carbocycles. The number of hydrogen-bond acceptors (Lipinski definition) is 3. The second-order valence-corrected chi connectivity index (χ2v) is 3.59. The lowest BCUT2D eigenvalue weighted by atomic mass is 9.97. The summed E-state index contributed by atoms with van der Waals surface area (Å²) in [6.07, 6.45) is 3.27. The van der Waals surface area contributed by atoms with Gasteiger partial charge in [0, 0.05) is 24.2 Å². The number of carbonyl (C=O) groups excluding carboxylic acids is 2. The zero-order chi connectivity index (χ0) is 9.47. The minimum Gasteiger partial charge on any atom is -0.384 e. The molecule has 1 N–H and O–H groups in total. The highest BCUT2D eigenvalue weighted by molar-refractivity contribution is 6.17. The highest BCUT2D eigenvalue weighted by Crippen LogP contribution is 2.52. The number of carbonyl (C=O) groups is 2. The Morgan fingerprint density at radius 3 is 2.62 bits per heavy atom. The van der Waals surface area contributed by atoms with Crippen LogP contribution in [-0.2, 0) is 14.3 Å². The van der Waals surface area contributed by atoms with E-state index in [1.165, 1.54) is 6.08 Å². The average molecular weight is 181 g/mol. The van der Waals surface area contributed by atoms with Crippen molar-refractivity contribution in [2.45, 2.75) is 12.8 Å². The molecule has 0 unspecified atom stereocenters. The quantitative estimate of drug-likeness (QED) is 0.623. The standard InChI is InChI=1S/C9H11NO3/c1-13-5-9(2-3-9)6-4-7(11)10-8(6)12/h4H,2-3,5H2,1H3,(H,10,11,12). The average Bonchev–Trinajstić information content (AvgIpc) is 2.74. The van der Waals surface area contributed by atoms with Crippen LogP contribution in [0.2, 0.25) is 0 Å². The molecule has 4 heteroatoms. The fraction of sp³-hybridized carbons (Fsp3) is 0.556. The summed E-state index contributed by atoms with van der Waals surface area (Å²) in [7, 11) is 1.61. The van der Waals surface area contributed by atoms with Crippen LogP contribution in [0.1, 0.15) is 12.8 Å². The van der Waals surface area contributed by atoms with E-state index in [2.05, 4.69) is 5.32 Å². The highest BCUT2D eigenvalue weighted by Gasteiger charge is 2.50. The van der Waals surface area contributed by atoms with E-state index in [9.17, 15) is 9.59 Å². The SMILES string of the molecule is COCC1(C2=CC(=O)NC2=O)CC1. The molecule has 1 saturated carbocycles. The number of amides is 2. The van der Waals surface area contributed by atoms with Gasteiger partial charge >= 0.3 is 0 Å². The molecular formula is C9H11NO3. The number of rotatable bonds is 3. The second kappa shape index (κ2) is 2.67. The molecule has 1 fully saturated rings. The van der Waals surface area contributed by atoms with E-state index in [1.807, 2.05) is 0 Å². The van der Waals surface area contributed by atoms with Crippen LogP contribution in [0.4, 0.5) is 0 Å². The van der Waals surface area contributed by atoms with Crippen molar-refractivity contribution >= 4 is 11.8 Å². The Morgan fingerprint density at radius 1 is 1.54 bits per heavy atom. The zero-order valence-corrected chi connectivity index (χ0v) is 7.42. The molecule has 0 saturated heterocycles. The maximum Gasteiger partial charge on any atom is 0.254 e. The first-order valence-electron chi connectivity index (χ1n) is 4.24. The van der Waals surface area contributed by atoms with E-state index >= 15 is 0 Å². The Kier molecular flexibility index (Phi) is 1.73. The Labute approximate surface area is 75.9 Å². The summed E-state index contributed by atoms with van der Waals surface area (Å²) in [6, 6.07) is 0. The van der Waals surface area contributed by atoms with Gasteiger partial charge in [-0.15, -0.1) is 0 Å². The van der Waals surface area contributed by atoms with E-state index in [0.29, 0.717) is 12.2 Å². The van der Waals surface area contributed by atoms with Gasteiger partial charge in [-0.1, -0.05) is 0 Å². The third-order valence-corrected chi connectivity index (χ3v) is 2.60. The van der Waals surface area contributed by atoms with Crippen LogP contribution in [0, 0.1) is 5.41 Å². The fourth-order valence-corrected chi connectivity index (χ4v) is 1.72. The summed E-state index contributed by atoms with van der Waals surface area (Å²) in [5.41, 5.74) is 0.435. The number of nitrogens with one attached hydrogen (secondary N) is 1. The monoisotopic (exact) mass is 181 g/mol. The van der Waals surface area contributed by atoms with E-state index in [0.717, 1.165) is 12.8 Å². The molecular weight excluding hydrogens is 170 g/mol. The van der Waals surface area contributed by atoms with Gasteiger partial charge in [-0.2, -0.15) is 0 Å². The molecule has 2 amide bonds. The Balaban J connectivity index is 2.21. The number of methoxy groups -OCH3 is 1. The van der Waals surface area contributed by atoms with E-state index < -0.39 is 0 Å².